The highest BCUT2D eigenvalue weighted by atomic mass is 16.6. The summed E-state index contributed by atoms with van der Waals surface area (Å²) in [5.74, 6) is -1.09. The predicted octanol–water partition coefficient (Wildman–Crippen LogP) is 0.966. The highest BCUT2D eigenvalue weighted by Gasteiger charge is 2.13. The van der Waals surface area contributed by atoms with Crippen molar-refractivity contribution in [1.82, 2.24) is 5.32 Å². The van der Waals surface area contributed by atoms with Crippen LogP contribution >= 0.6 is 0 Å². The van der Waals surface area contributed by atoms with Crippen LogP contribution in [0.25, 0.3) is 0 Å². The van der Waals surface area contributed by atoms with E-state index in [4.69, 9.17) is 18.9 Å². The summed E-state index contributed by atoms with van der Waals surface area (Å²) >= 11 is 0. The molecule has 0 aliphatic rings. The molecular formula is C15H23NO7. The molecule has 0 saturated heterocycles. The summed E-state index contributed by atoms with van der Waals surface area (Å²) < 4.78 is 19.7. The number of carbonyl (C=O) groups is 3. The van der Waals surface area contributed by atoms with Crippen LogP contribution in [-0.2, 0) is 28.5 Å². The molecule has 0 rings (SSSR count). The van der Waals surface area contributed by atoms with Crippen LogP contribution in [-0.4, -0.2) is 57.1 Å². The maximum atomic E-state index is 11.5. The van der Waals surface area contributed by atoms with E-state index in [0.717, 1.165) is 12.2 Å². The maximum Gasteiger partial charge on any atom is 0.407 e. The van der Waals surface area contributed by atoms with Gasteiger partial charge in [-0.3, -0.25) is 0 Å². The predicted molar refractivity (Wildman–Crippen MR) is 81.7 cm³/mol. The minimum absolute atomic E-state index is 0.0278. The first kappa shape index (κ1) is 20.6. The third-order valence-corrected chi connectivity index (χ3v) is 2.46. The Morgan fingerprint density at radius 2 is 1.70 bits per heavy atom. The number of rotatable bonds is 12. The standard InChI is InChI=1S/C15H23NO7/c1-4-12(11-22-14(18)6-3)23-15(19)16-7-8-20-9-10-21-13(17)5-2/h5-6,12H,2-4,7-11H2,1H3,(H,16,19). The Labute approximate surface area is 135 Å². The van der Waals surface area contributed by atoms with Gasteiger partial charge in [-0.15, -0.1) is 0 Å². The largest absolute Gasteiger partial charge is 0.460 e. The Kier molecular flexibility index (Phi) is 12.0. The first-order valence-electron chi connectivity index (χ1n) is 7.14. The van der Waals surface area contributed by atoms with Gasteiger partial charge in [-0.2, -0.15) is 0 Å². The van der Waals surface area contributed by atoms with Crippen molar-refractivity contribution < 1.29 is 33.3 Å². The molecule has 8 heteroatoms. The van der Waals surface area contributed by atoms with Gasteiger partial charge in [-0.25, -0.2) is 14.4 Å². The van der Waals surface area contributed by atoms with E-state index in [-0.39, 0.29) is 33.0 Å². The lowest BCUT2D eigenvalue weighted by molar-refractivity contribution is -0.141. The molecule has 0 aromatic rings. The summed E-state index contributed by atoms with van der Waals surface area (Å²) in [4.78, 5) is 33.2. The minimum atomic E-state index is -0.631. The normalized spacial score (nSPS) is 11.0. The second kappa shape index (κ2) is 13.3. The number of ether oxygens (including phenoxy) is 4. The van der Waals surface area contributed by atoms with Gasteiger partial charge < -0.3 is 24.3 Å². The van der Waals surface area contributed by atoms with E-state index in [0.29, 0.717) is 6.42 Å². The molecule has 0 radical (unpaired) electrons. The van der Waals surface area contributed by atoms with Crippen molar-refractivity contribution in [3.8, 4) is 0 Å². The zero-order valence-corrected chi connectivity index (χ0v) is 13.2. The van der Waals surface area contributed by atoms with Gasteiger partial charge in [0.25, 0.3) is 0 Å². The van der Waals surface area contributed by atoms with Gasteiger partial charge >= 0.3 is 18.0 Å². The van der Waals surface area contributed by atoms with Gasteiger partial charge in [0.05, 0.1) is 13.2 Å². The van der Waals surface area contributed by atoms with Crippen molar-refractivity contribution in [2.75, 3.05) is 33.0 Å². The highest BCUT2D eigenvalue weighted by molar-refractivity contribution is 5.81. The molecule has 0 aromatic carbocycles. The van der Waals surface area contributed by atoms with Gasteiger partial charge in [0.1, 0.15) is 19.3 Å². The van der Waals surface area contributed by atoms with Gasteiger partial charge in [0, 0.05) is 18.7 Å². The third-order valence-electron chi connectivity index (χ3n) is 2.46. The lowest BCUT2D eigenvalue weighted by Crippen LogP contribution is -2.33. The van der Waals surface area contributed by atoms with Crippen LogP contribution in [0.5, 0.6) is 0 Å². The van der Waals surface area contributed by atoms with E-state index in [2.05, 4.69) is 18.5 Å². The van der Waals surface area contributed by atoms with Crippen molar-refractivity contribution in [2.45, 2.75) is 19.4 Å². The van der Waals surface area contributed by atoms with Crippen LogP contribution in [0.4, 0.5) is 4.79 Å². The molecule has 0 aliphatic heterocycles. The number of esters is 2. The Hall–Kier alpha value is -2.35. The summed E-state index contributed by atoms with van der Waals surface area (Å²) in [6.07, 6.45) is 1.44. The minimum Gasteiger partial charge on any atom is -0.460 e. The Morgan fingerprint density at radius 1 is 1.04 bits per heavy atom. The molecule has 0 aliphatic carbocycles. The SMILES string of the molecule is C=CC(=O)OCCOCCNC(=O)OC(CC)COC(=O)C=C. The topological polar surface area (TPSA) is 100 Å². The van der Waals surface area contributed by atoms with E-state index >= 15 is 0 Å². The number of alkyl carbamates (subject to hydrolysis) is 1. The Bertz CT molecular complexity index is 409. The maximum absolute atomic E-state index is 11.5. The molecule has 0 fully saturated rings. The van der Waals surface area contributed by atoms with E-state index in [9.17, 15) is 14.4 Å². The fourth-order valence-corrected chi connectivity index (χ4v) is 1.25. The number of hydrogen-bond donors (Lipinski definition) is 1. The van der Waals surface area contributed by atoms with E-state index in [1.807, 2.05) is 0 Å². The average molecular weight is 329 g/mol. The lowest BCUT2D eigenvalue weighted by atomic mass is 10.3. The zero-order chi connectivity index (χ0) is 17.5. The van der Waals surface area contributed by atoms with Crippen molar-refractivity contribution in [3.63, 3.8) is 0 Å². The van der Waals surface area contributed by atoms with E-state index in [1.165, 1.54) is 0 Å². The van der Waals surface area contributed by atoms with Gasteiger partial charge in [-0.1, -0.05) is 20.1 Å². The van der Waals surface area contributed by atoms with Crippen molar-refractivity contribution >= 4 is 18.0 Å². The molecule has 1 amide bonds. The van der Waals surface area contributed by atoms with Crippen molar-refractivity contribution in [1.29, 1.82) is 0 Å². The van der Waals surface area contributed by atoms with Crippen LogP contribution in [0.3, 0.4) is 0 Å². The van der Waals surface area contributed by atoms with Crippen LogP contribution in [0.2, 0.25) is 0 Å². The monoisotopic (exact) mass is 329 g/mol. The smallest absolute Gasteiger partial charge is 0.407 e. The number of carbonyl (C=O) groups excluding carboxylic acids is 3. The summed E-state index contributed by atoms with van der Waals surface area (Å²) in [5, 5.41) is 2.49. The van der Waals surface area contributed by atoms with Crippen molar-refractivity contribution in [2.24, 2.45) is 0 Å². The molecule has 0 heterocycles. The van der Waals surface area contributed by atoms with E-state index < -0.39 is 24.1 Å². The quantitative estimate of drug-likeness (QED) is 0.246. The third kappa shape index (κ3) is 11.9. The Morgan fingerprint density at radius 3 is 2.30 bits per heavy atom. The molecule has 8 nitrogen and oxygen atoms in total. The van der Waals surface area contributed by atoms with Crippen LogP contribution in [0, 0.1) is 0 Å². The first-order valence-corrected chi connectivity index (χ1v) is 7.14. The molecule has 1 N–H and O–H groups in total. The Balaban J connectivity index is 3.68. The number of nitrogens with one attached hydrogen (secondary N) is 1. The molecule has 0 bridgehead atoms. The number of hydrogen-bond acceptors (Lipinski definition) is 7. The summed E-state index contributed by atoms with van der Waals surface area (Å²) in [7, 11) is 0. The van der Waals surface area contributed by atoms with Gasteiger partial charge in [0.2, 0.25) is 0 Å². The molecule has 0 aromatic heterocycles. The zero-order valence-electron chi connectivity index (χ0n) is 13.2. The second-order valence-corrected chi connectivity index (χ2v) is 4.18. The van der Waals surface area contributed by atoms with Crippen LogP contribution in [0.1, 0.15) is 13.3 Å². The van der Waals surface area contributed by atoms with E-state index in [1.54, 1.807) is 6.92 Å². The highest BCUT2D eigenvalue weighted by Crippen LogP contribution is 2.00. The molecule has 23 heavy (non-hydrogen) atoms. The molecule has 1 atom stereocenters. The summed E-state index contributed by atoms with van der Waals surface area (Å²) in [5.41, 5.74) is 0. The second-order valence-electron chi connectivity index (χ2n) is 4.18. The molecule has 0 spiro atoms. The summed E-state index contributed by atoms with van der Waals surface area (Å²) in [6, 6.07) is 0. The average Bonchev–Trinajstić information content (AvgIpc) is 2.56. The van der Waals surface area contributed by atoms with Gasteiger partial charge in [-0.05, 0) is 6.42 Å². The molecule has 0 saturated carbocycles. The molecule has 130 valence electrons. The number of amides is 1. The first-order chi connectivity index (χ1) is 11.0. The van der Waals surface area contributed by atoms with Crippen LogP contribution in [0.15, 0.2) is 25.3 Å². The fourth-order valence-electron chi connectivity index (χ4n) is 1.25. The lowest BCUT2D eigenvalue weighted by Gasteiger charge is -2.16. The van der Waals surface area contributed by atoms with Crippen LogP contribution < -0.4 is 5.32 Å². The molecular weight excluding hydrogens is 306 g/mol. The molecule has 1 unspecified atom stereocenters. The van der Waals surface area contributed by atoms with Crippen molar-refractivity contribution in [3.05, 3.63) is 25.3 Å². The fraction of sp³-hybridized carbons (Fsp3) is 0.533. The summed E-state index contributed by atoms with van der Waals surface area (Å²) in [6.45, 7) is 9.10. The van der Waals surface area contributed by atoms with Gasteiger partial charge in [0.15, 0.2) is 0 Å².